The number of phenolic OH excluding ortho intramolecular Hbond substituents is 2. The molecule has 0 fully saturated rings. The third-order valence-corrected chi connectivity index (χ3v) is 12.4. The summed E-state index contributed by atoms with van der Waals surface area (Å²) in [4.78, 5) is 0. The van der Waals surface area contributed by atoms with E-state index in [9.17, 15) is 10.2 Å². The molecule has 0 bridgehead atoms. The van der Waals surface area contributed by atoms with Crippen molar-refractivity contribution in [2.75, 3.05) is 13.2 Å². The van der Waals surface area contributed by atoms with Crippen LogP contribution in [-0.2, 0) is 25.8 Å². The fourth-order valence-electron chi connectivity index (χ4n) is 8.39. The molecule has 4 aromatic heterocycles. The largest absolute Gasteiger partial charge is 0.505 e. The summed E-state index contributed by atoms with van der Waals surface area (Å²) >= 11 is 3.13. The van der Waals surface area contributed by atoms with E-state index in [-0.39, 0.29) is 52.2 Å². The van der Waals surface area contributed by atoms with E-state index in [0.29, 0.717) is 13.2 Å². The molecule has 0 radical (unpaired) electrons. The number of phenols is 2. The van der Waals surface area contributed by atoms with E-state index < -0.39 is 0 Å². The molecular formula is C52H46HfN2O4S2-2. The molecule has 0 atom stereocenters. The van der Waals surface area contributed by atoms with Gasteiger partial charge in [-0.15, -0.1) is 22.7 Å². The van der Waals surface area contributed by atoms with Gasteiger partial charge in [0, 0.05) is 91.2 Å². The molecule has 10 rings (SSSR count). The Bertz CT molecular complexity index is 2840. The van der Waals surface area contributed by atoms with Gasteiger partial charge < -0.3 is 43.7 Å². The number of ether oxygens (including phenoxy) is 2. The summed E-state index contributed by atoms with van der Waals surface area (Å²) < 4.78 is 17.1. The summed E-state index contributed by atoms with van der Waals surface area (Å²) in [6.07, 6.45) is 1.57. The minimum Gasteiger partial charge on any atom is -0.505 e. The van der Waals surface area contributed by atoms with Crippen molar-refractivity contribution in [1.82, 2.24) is 9.13 Å². The zero-order valence-corrected chi connectivity index (χ0v) is 39.8. The quantitative estimate of drug-likeness (QED) is 0.0770. The predicted molar refractivity (Wildman–Crippen MR) is 254 cm³/mol. The third-order valence-electron chi connectivity index (χ3n) is 11.0. The van der Waals surface area contributed by atoms with Crippen LogP contribution in [0.25, 0.3) is 77.2 Å². The molecule has 0 saturated carbocycles. The van der Waals surface area contributed by atoms with Gasteiger partial charge >= 0.3 is 0 Å². The Hall–Kier alpha value is -5.61. The number of benzene rings is 6. The minimum absolute atomic E-state index is 0. The molecule has 6 nitrogen and oxygen atoms in total. The van der Waals surface area contributed by atoms with E-state index in [1.165, 1.54) is 0 Å². The second-order valence-electron chi connectivity index (χ2n) is 14.8. The van der Waals surface area contributed by atoms with Crippen molar-refractivity contribution in [2.24, 2.45) is 0 Å². The van der Waals surface area contributed by atoms with Crippen molar-refractivity contribution in [3.63, 3.8) is 0 Å². The summed E-state index contributed by atoms with van der Waals surface area (Å²) in [6.45, 7) is 5.15. The Morgan fingerprint density at radius 2 is 0.787 bits per heavy atom. The standard InChI is InChI=1S/C50H40N2O4S2.2CH3.Hf/c1-31-23-37(49(53)45(25-31)51-41-17-7-3-13-33(41)34-14-4-8-18-42(34)51)39-27-57-29-47(39)55-21-11-12-22-56-48-30-58-28-40(48)38-24-32(2)26-46(50(38)54)52-43-19-9-5-15-35(43)36-16-6-10-20-44(36)52;;;/h3-10,13-20,23-30,53-54H,11-12,21-22H2,1-2H3;2*1H3;/q;2*-1;. The van der Waals surface area contributed by atoms with Crippen LogP contribution in [0.3, 0.4) is 0 Å². The molecule has 0 saturated heterocycles. The van der Waals surface area contributed by atoms with Gasteiger partial charge in [-0.2, -0.15) is 0 Å². The number of para-hydroxylation sites is 4. The van der Waals surface area contributed by atoms with Crippen LogP contribution in [-0.4, -0.2) is 32.6 Å². The fraction of sp³-hybridized carbons (Fsp3) is 0.115. The number of aromatic nitrogens is 2. The van der Waals surface area contributed by atoms with Gasteiger partial charge in [0.1, 0.15) is 23.0 Å². The average molecular weight is 1010 g/mol. The Balaban J connectivity index is 0.00000187. The molecule has 306 valence electrons. The molecule has 0 aliphatic rings. The van der Waals surface area contributed by atoms with E-state index in [2.05, 4.69) is 108 Å². The van der Waals surface area contributed by atoms with E-state index in [0.717, 1.165) is 113 Å². The van der Waals surface area contributed by atoms with Crippen LogP contribution in [0.1, 0.15) is 24.0 Å². The first kappa shape index (κ1) is 43.5. The number of nitrogens with zero attached hydrogens (tertiary/aromatic N) is 2. The Labute approximate surface area is 383 Å². The normalized spacial score (nSPS) is 11.1. The van der Waals surface area contributed by atoms with Gasteiger partial charge in [0.25, 0.3) is 0 Å². The second kappa shape index (κ2) is 18.2. The molecule has 0 spiro atoms. The molecule has 4 heterocycles. The van der Waals surface area contributed by atoms with Gasteiger partial charge in [0.15, 0.2) is 0 Å². The molecular weight excluding hydrogens is 959 g/mol. The molecule has 0 aliphatic carbocycles. The fourth-order valence-corrected chi connectivity index (χ4v) is 9.92. The van der Waals surface area contributed by atoms with Crippen LogP contribution in [0.15, 0.2) is 143 Å². The van der Waals surface area contributed by atoms with Gasteiger partial charge in [-0.3, -0.25) is 0 Å². The average Bonchev–Trinajstić information content (AvgIpc) is 4.05. The molecule has 0 amide bonds. The van der Waals surface area contributed by atoms with Crippen LogP contribution < -0.4 is 9.47 Å². The van der Waals surface area contributed by atoms with E-state index >= 15 is 0 Å². The first-order chi connectivity index (χ1) is 28.5. The van der Waals surface area contributed by atoms with E-state index in [1.807, 2.05) is 57.9 Å². The van der Waals surface area contributed by atoms with Gasteiger partial charge in [0.2, 0.25) is 0 Å². The van der Waals surface area contributed by atoms with E-state index in [4.69, 9.17) is 9.47 Å². The number of aryl methyl sites for hydroxylation is 2. The van der Waals surface area contributed by atoms with Gasteiger partial charge in [-0.05, 0) is 86.3 Å². The number of thiophene rings is 2. The number of fused-ring (bicyclic) bond motifs is 6. The van der Waals surface area contributed by atoms with Crippen LogP contribution in [0.4, 0.5) is 0 Å². The first-order valence-corrected chi connectivity index (χ1v) is 21.4. The van der Waals surface area contributed by atoms with Crippen molar-refractivity contribution in [3.8, 4) is 56.6 Å². The van der Waals surface area contributed by atoms with Gasteiger partial charge in [-0.25, -0.2) is 0 Å². The molecule has 6 aromatic carbocycles. The maximum atomic E-state index is 11.9. The molecule has 9 heteroatoms. The Kier molecular flexibility index (Phi) is 12.9. The number of aromatic hydroxyl groups is 2. The van der Waals surface area contributed by atoms with Crippen molar-refractivity contribution in [3.05, 3.63) is 169 Å². The number of unbranched alkanes of at least 4 members (excludes halogenated alkanes) is 1. The number of hydrogen-bond acceptors (Lipinski definition) is 6. The summed E-state index contributed by atoms with van der Waals surface area (Å²) in [5, 5.41) is 36.5. The topological polar surface area (TPSA) is 68.8 Å². The SMILES string of the molecule is Cc1cc(-c2cscc2OCCCCOc2cscc2-c2cc(C)cc(-n3c4ccccc4c4ccccc43)c2O)c(O)c(-n2c3ccccc3c3ccccc32)c1.[CH3-].[CH3-].[Hf]. The minimum atomic E-state index is 0. The monoisotopic (exact) mass is 1010 g/mol. The third kappa shape index (κ3) is 7.68. The molecule has 0 unspecified atom stereocenters. The summed E-state index contributed by atoms with van der Waals surface area (Å²) in [5.41, 5.74) is 11.1. The Morgan fingerprint density at radius 3 is 1.13 bits per heavy atom. The summed E-state index contributed by atoms with van der Waals surface area (Å²) in [7, 11) is 0. The van der Waals surface area contributed by atoms with Crippen LogP contribution in [0, 0.1) is 28.7 Å². The zero-order valence-electron chi connectivity index (χ0n) is 34.6. The maximum Gasteiger partial charge on any atom is 0.147 e. The second-order valence-corrected chi connectivity index (χ2v) is 16.3. The van der Waals surface area contributed by atoms with Crippen LogP contribution >= 0.6 is 22.7 Å². The van der Waals surface area contributed by atoms with Crippen LogP contribution in [0.2, 0.25) is 0 Å². The summed E-state index contributed by atoms with van der Waals surface area (Å²) in [6, 6.07) is 41.5. The zero-order chi connectivity index (χ0) is 39.3. The smallest absolute Gasteiger partial charge is 0.147 e. The molecule has 10 aromatic rings. The maximum absolute atomic E-state index is 11.9. The van der Waals surface area contributed by atoms with Crippen molar-refractivity contribution < 1.29 is 45.5 Å². The Morgan fingerprint density at radius 1 is 0.459 bits per heavy atom. The summed E-state index contributed by atoms with van der Waals surface area (Å²) in [5.74, 6) is 1.97. The first-order valence-electron chi connectivity index (χ1n) is 19.5. The van der Waals surface area contributed by atoms with Gasteiger partial charge in [-0.1, -0.05) is 72.8 Å². The van der Waals surface area contributed by atoms with Crippen molar-refractivity contribution in [1.29, 1.82) is 0 Å². The molecule has 61 heavy (non-hydrogen) atoms. The van der Waals surface area contributed by atoms with Gasteiger partial charge in [0.05, 0.1) is 46.7 Å². The van der Waals surface area contributed by atoms with Crippen molar-refractivity contribution >= 4 is 66.3 Å². The number of hydrogen-bond donors (Lipinski definition) is 2. The molecule has 0 aliphatic heterocycles. The number of rotatable bonds is 11. The van der Waals surface area contributed by atoms with Crippen molar-refractivity contribution in [2.45, 2.75) is 26.7 Å². The van der Waals surface area contributed by atoms with E-state index in [1.54, 1.807) is 22.7 Å². The molecule has 2 N–H and O–H groups in total. The van der Waals surface area contributed by atoms with Crippen LogP contribution in [0.5, 0.6) is 23.0 Å². The predicted octanol–water partition coefficient (Wildman–Crippen LogP) is 14.5.